The molecule has 2 aromatic rings. The molecule has 0 saturated carbocycles. The minimum atomic E-state index is -1.42. The highest BCUT2D eigenvalue weighted by molar-refractivity contribution is 8.01. The molecular weight excluding hydrogens is 618 g/mol. The first-order valence-electron chi connectivity index (χ1n) is 13.3. The number of nitrogens with zero attached hydrogens (tertiary/aromatic N) is 7. The number of aromatic nitrogens is 4. The van der Waals surface area contributed by atoms with Crippen molar-refractivity contribution in [3.8, 4) is 5.75 Å². The van der Waals surface area contributed by atoms with Crippen LogP contribution < -0.4 is 10.6 Å². The van der Waals surface area contributed by atoms with Gasteiger partial charge in [-0.1, -0.05) is 23.9 Å². The van der Waals surface area contributed by atoms with E-state index < -0.39 is 53.1 Å². The Bertz CT molecular complexity index is 1560. The Kier molecular flexibility index (Phi) is 8.77. The highest BCUT2D eigenvalue weighted by Crippen LogP contribution is 2.41. The molecule has 2 saturated heterocycles. The highest BCUT2D eigenvalue weighted by Gasteiger charge is 2.54. The number of likely N-dealkylation sites (N-methyl/N-ethyl adjacent to an activating group) is 1. The molecule has 0 bridgehead atoms. The van der Waals surface area contributed by atoms with Crippen molar-refractivity contribution in [3.05, 3.63) is 41.1 Å². The number of aromatic hydroxyl groups is 1. The van der Waals surface area contributed by atoms with Gasteiger partial charge in [0.25, 0.3) is 5.91 Å². The van der Waals surface area contributed by atoms with E-state index >= 15 is 0 Å². The van der Waals surface area contributed by atoms with Crippen LogP contribution in [0.4, 0.5) is 4.79 Å². The Hall–Kier alpha value is -4.65. The largest absolute Gasteiger partial charge is 0.508 e. The number of nitrogens with one attached hydrogen (secondary N) is 2. The number of hydrogen-bond donors (Lipinski definition) is 4. The molecule has 1 aromatic heterocycles. The van der Waals surface area contributed by atoms with Gasteiger partial charge in [-0.3, -0.25) is 29.0 Å². The van der Waals surface area contributed by atoms with Gasteiger partial charge in [0.2, 0.25) is 11.1 Å². The second kappa shape index (κ2) is 12.5. The molecule has 1 aromatic carbocycles. The number of piperazine rings is 1. The summed E-state index contributed by atoms with van der Waals surface area (Å²) in [5.74, 6) is -4.26. The van der Waals surface area contributed by atoms with Crippen molar-refractivity contribution in [1.29, 1.82) is 0 Å². The van der Waals surface area contributed by atoms with Crippen molar-refractivity contribution in [3.63, 3.8) is 0 Å². The van der Waals surface area contributed by atoms with Gasteiger partial charge < -0.3 is 25.7 Å². The van der Waals surface area contributed by atoms with Crippen LogP contribution in [0.3, 0.4) is 0 Å². The summed E-state index contributed by atoms with van der Waals surface area (Å²) in [4.78, 5) is 80.1. The number of urea groups is 1. The van der Waals surface area contributed by atoms with Crippen molar-refractivity contribution in [1.82, 2.24) is 45.5 Å². The fraction of sp³-hybridized carbons (Fsp3) is 0.400. The number of imide groups is 1. The zero-order valence-corrected chi connectivity index (χ0v) is 25.0. The second-order valence-corrected chi connectivity index (χ2v) is 11.9. The number of rotatable bonds is 9. The van der Waals surface area contributed by atoms with Crippen molar-refractivity contribution in [2.45, 2.75) is 29.5 Å². The number of fused-ring (bicyclic) bond motifs is 1. The van der Waals surface area contributed by atoms with Crippen LogP contribution in [0.15, 0.2) is 40.7 Å². The van der Waals surface area contributed by atoms with Crippen molar-refractivity contribution < 1.29 is 39.0 Å². The summed E-state index contributed by atoms with van der Waals surface area (Å²) in [6, 6.07) is 1.84. The van der Waals surface area contributed by atoms with Gasteiger partial charge in [-0.15, -0.1) is 16.9 Å². The lowest BCUT2D eigenvalue weighted by Crippen LogP contribution is -2.71. The third-order valence-corrected chi connectivity index (χ3v) is 9.63. The average molecular weight is 646 g/mol. The predicted octanol–water partition coefficient (Wildman–Crippen LogP) is -1.11. The maximum atomic E-state index is 13.6. The van der Waals surface area contributed by atoms with Crippen LogP contribution in [0.1, 0.15) is 18.5 Å². The van der Waals surface area contributed by atoms with Gasteiger partial charge in [-0.05, 0) is 40.6 Å². The quantitative estimate of drug-likeness (QED) is 0.145. The van der Waals surface area contributed by atoms with Crippen LogP contribution in [0, 0.1) is 0 Å². The summed E-state index contributed by atoms with van der Waals surface area (Å²) in [6.45, 7) is 2.04. The molecule has 0 aliphatic carbocycles. The Labute approximate surface area is 258 Å². The van der Waals surface area contributed by atoms with Gasteiger partial charge in [-0.25, -0.2) is 14.3 Å². The molecule has 3 aliphatic rings. The minimum Gasteiger partial charge on any atom is -0.508 e. The van der Waals surface area contributed by atoms with Gasteiger partial charge in [0, 0.05) is 38.2 Å². The van der Waals surface area contributed by atoms with E-state index in [1.165, 1.54) is 57.4 Å². The van der Waals surface area contributed by atoms with Crippen LogP contribution >= 0.6 is 23.5 Å². The molecule has 44 heavy (non-hydrogen) atoms. The van der Waals surface area contributed by atoms with E-state index in [1.807, 2.05) is 0 Å². The molecule has 3 aliphatic heterocycles. The number of carboxylic acid groups (broad SMARTS) is 1. The summed E-state index contributed by atoms with van der Waals surface area (Å²) in [7, 11) is 1.64. The third kappa shape index (κ3) is 5.79. The van der Waals surface area contributed by atoms with Crippen LogP contribution in [-0.4, -0.2) is 123 Å². The molecule has 19 heteroatoms. The van der Waals surface area contributed by atoms with Crippen LogP contribution in [-0.2, 0) is 31.0 Å². The molecule has 5 rings (SSSR count). The minimum absolute atomic E-state index is 0.0823. The molecule has 6 amide bonds. The first-order chi connectivity index (χ1) is 21.0. The lowest BCUT2D eigenvalue weighted by atomic mass is 10.0. The maximum absolute atomic E-state index is 13.6. The van der Waals surface area contributed by atoms with E-state index in [4.69, 9.17) is 0 Å². The fourth-order valence-corrected chi connectivity index (χ4v) is 7.20. The van der Waals surface area contributed by atoms with E-state index in [2.05, 4.69) is 26.2 Å². The van der Waals surface area contributed by atoms with Crippen LogP contribution in [0.25, 0.3) is 0 Å². The lowest BCUT2D eigenvalue weighted by Gasteiger charge is -2.49. The Morgan fingerprint density at radius 1 is 1.14 bits per heavy atom. The monoisotopic (exact) mass is 645 g/mol. The molecule has 17 nitrogen and oxygen atoms in total. The summed E-state index contributed by atoms with van der Waals surface area (Å²) >= 11 is 2.49. The topological polar surface area (TPSA) is 220 Å². The molecule has 232 valence electrons. The molecule has 3 atom stereocenters. The van der Waals surface area contributed by atoms with E-state index in [1.54, 1.807) is 14.0 Å². The summed E-state index contributed by atoms with van der Waals surface area (Å²) in [6.07, 6.45) is 0. The number of amides is 6. The number of aryl methyl sites for hydroxylation is 1. The van der Waals surface area contributed by atoms with Gasteiger partial charge in [0.15, 0.2) is 0 Å². The average Bonchev–Trinajstić information content (AvgIpc) is 3.42. The number of benzene rings is 1. The number of hydrogen-bond acceptors (Lipinski definition) is 12. The van der Waals surface area contributed by atoms with Crippen molar-refractivity contribution >= 4 is 59.2 Å². The van der Waals surface area contributed by atoms with Gasteiger partial charge in [0.05, 0.1) is 0 Å². The third-order valence-electron chi connectivity index (χ3n) is 7.20. The van der Waals surface area contributed by atoms with E-state index in [0.717, 1.165) is 4.90 Å². The molecule has 0 spiro atoms. The Balaban J connectivity index is 1.31. The number of carbonyl (C=O) groups is 6. The molecule has 0 unspecified atom stereocenters. The van der Waals surface area contributed by atoms with Crippen molar-refractivity contribution in [2.24, 2.45) is 7.05 Å². The lowest BCUT2D eigenvalue weighted by molar-refractivity contribution is -0.153. The number of carbonyl (C=O) groups excluding carboxylic acids is 5. The first kappa shape index (κ1) is 30.8. The molecule has 4 heterocycles. The standard InChI is InChI=1S/C25H27N9O8S2/c1-3-32-8-9-33(21(39)20(32)38)24(42)27-15(12-4-6-14(35)7-5-12)18(36)26-16-19(37)34-17(23(40)41)13(10-43-22(16)34)11-44-25-28-29-30-31(25)2/h4-7,15-16,22,35H,3,8-11H2,1-2H3,(H,26,36)(H,27,42)(H,40,41)/t15-,16+,22-/m1/s1. The zero-order valence-electron chi connectivity index (χ0n) is 23.4. The number of aliphatic carboxylic acids is 1. The number of β-lactam (4-membered cyclic amide) rings is 1. The smallest absolute Gasteiger partial charge is 0.352 e. The molecule has 2 fully saturated rings. The number of thioether (sulfide) groups is 2. The highest BCUT2D eigenvalue weighted by atomic mass is 32.2. The summed E-state index contributed by atoms with van der Waals surface area (Å²) in [5.41, 5.74) is 0.536. The Morgan fingerprint density at radius 2 is 1.86 bits per heavy atom. The van der Waals surface area contributed by atoms with E-state index in [-0.39, 0.29) is 41.6 Å². The van der Waals surface area contributed by atoms with E-state index in [9.17, 15) is 39.0 Å². The first-order valence-corrected chi connectivity index (χ1v) is 15.3. The van der Waals surface area contributed by atoms with Gasteiger partial charge in [0.1, 0.15) is 28.9 Å². The molecule has 0 radical (unpaired) electrons. The number of tetrazole rings is 1. The van der Waals surface area contributed by atoms with Crippen LogP contribution in [0.5, 0.6) is 5.75 Å². The summed E-state index contributed by atoms with van der Waals surface area (Å²) < 4.78 is 1.44. The fourth-order valence-electron chi connectivity index (χ4n) is 4.86. The molecular formula is C25H27N9O8S2. The maximum Gasteiger partial charge on any atom is 0.352 e. The summed E-state index contributed by atoms with van der Waals surface area (Å²) in [5, 5.41) is 35.6. The number of phenols is 1. The predicted molar refractivity (Wildman–Crippen MR) is 153 cm³/mol. The second-order valence-electron chi connectivity index (χ2n) is 9.84. The van der Waals surface area contributed by atoms with Crippen molar-refractivity contribution in [2.75, 3.05) is 31.1 Å². The Morgan fingerprint density at radius 3 is 2.50 bits per heavy atom. The van der Waals surface area contributed by atoms with E-state index in [0.29, 0.717) is 22.2 Å². The normalized spacial score (nSPS) is 20.7. The molecule has 4 N–H and O–H groups in total. The zero-order chi connectivity index (χ0) is 31.7. The number of phenolic OH excluding ortho intramolecular Hbond substituents is 1. The van der Waals surface area contributed by atoms with Crippen LogP contribution in [0.2, 0.25) is 0 Å². The number of carboxylic acids is 1. The van der Waals surface area contributed by atoms with Gasteiger partial charge in [-0.2, -0.15) is 0 Å². The SMILES string of the molecule is CCN1CCN(C(=O)N[C@@H](C(=O)N[C@H]2C(=O)N3C(C(=O)O)=C(CSc4nnnn4C)CS[C@H]23)c2ccc(O)cc2)C(=O)C1=O. The van der Waals surface area contributed by atoms with Gasteiger partial charge >= 0.3 is 23.8 Å².